The molecule has 1 heterocycles. The number of aliphatic hydroxyl groups excluding tert-OH is 1. The minimum atomic E-state index is -0.234. The maximum atomic E-state index is 11.7. The molecule has 0 aromatic carbocycles. The zero-order valence-electron chi connectivity index (χ0n) is 10.1. The summed E-state index contributed by atoms with van der Waals surface area (Å²) < 4.78 is 0. The van der Waals surface area contributed by atoms with Crippen LogP contribution in [0.25, 0.3) is 0 Å². The normalized spacial score (nSPS) is 11.2. The predicted octanol–water partition coefficient (Wildman–Crippen LogP) is 0.513. The van der Waals surface area contributed by atoms with Gasteiger partial charge in [-0.25, -0.2) is 0 Å². The molecule has 1 aromatic rings. The van der Waals surface area contributed by atoms with Crippen molar-refractivity contribution in [3.05, 3.63) is 34.2 Å². The SMILES string of the molecule is CC(C)(CCO)CNC(=O)c1ccc(=O)[nH]c1. The quantitative estimate of drug-likeness (QED) is 0.699. The van der Waals surface area contributed by atoms with E-state index < -0.39 is 0 Å². The lowest BCUT2D eigenvalue weighted by Gasteiger charge is -2.23. The van der Waals surface area contributed by atoms with E-state index in [1.807, 2.05) is 13.8 Å². The highest BCUT2D eigenvalue weighted by Gasteiger charge is 2.18. The van der Waals surface area contributed by atoms with E-state index in [2.05, 4.69) is 10.3 Å². The third kappa shape index (κ3) is 4.40. The summed E-state index contributed by atoms with van der Waals surface area (Å²) in [6.45, 7) is 4.51. The lowest BCUT2D eigenvalue weighted by Crippen LogP contribution is -2.34. The zero-order valence-corrected chi connectivity index (χ0v) is 10.1. The van der Waals surface area contributed by atoms with Crippen molar-refractivity contribution >= 4 is 5.91 Å². The smallest absolute Gasteiger partial charge is 0.252 e. The standard InChI is InChI=1S/C12H18N2O3/c1-12(2,5-6-15)8-14-11(17)9-3-4-10(16)13-7-9/h3-4,7,15H,5-6,8H2,1-2H3,(H,13,16)(H,14,17). The molecule has 5 nitrogen and oxygen atoms in total. The Balaban J connectivity index is 2.55. The van der Waals surface area contributed by atoms with Gasteiger partial charge in [-0.3, -0.25) is 9.59 Å². The first-order chi connectivity index (χ1) is 7.94. The number of pyridine rings is 1. The van der Waals surface area contributed by atoms with E-state index in [9.17, 15) is 9.59 Å². The molecule has 0 spiro atoms. The summed E-state index contributed by atoms with van der Waals surface area (Å²) in [5.74, 6) is -0.229. The molecule has 5 heteroatoms. The molecule has 1 amide bonds. The molecule has 0 atom stereocenters. The zero-order chi connectivity index (χ0) is 12.9. The number of H-pyrrole nitrogens is 1. The van der Waals surface area contributed by atoms with Gasteiger partial charge in [0.05, 0.1) is 5.56 Å². The first-order valence-electron chi connectivity index (χ1n) is 5.52. The van der Waals surface area contributed by atoms with Crippen LogP contribution in [0.4, 0.5) is 0 Å². The Bertz CT molecular complexity index is 417. The van der Waals surface area contributed by atoms with Crippen molar-refractivity contribution in [2.45, 2.75) is 20.3 Å². The van der Waals surface area contributed by atoms with Gasteiger partial charge in [0, 0.05) is 25.4 Å². The molecule has 0 unspecified atom stereocenters. The van der Waals surface area contributed by atoms with E-state index in [4.69, 9.17) is 5.11 Å². The molecule has 0 aliphatic carbocycles. The van der Waals surface area contributed by atoms with Gasteiger partial charge in [-0.1, -0.05) is 13.8 Å². The van der Waals surface area contributed by atoms with Crippen molar-refractivity contribution in [3.63, 3.8) is 0 Å². The molecule has 0 aliphatic rings. The number of hydrogen-bond donors (Lipinski definition) is 3. The van der Waals surface area contributed by atoms with Crippen molar-refractivity contribution in [2.75, 3.05) is 13.2 Å². The van der Waals surface area contributed by atoms with Crippen LogP contribution in [0.5, 0.6) is 0 Å². The maximum absolute atomic E-state index is 11.7. The molecule has 0 fully saturated rings. The molecule has 0 radical (unpaired) electrons. The Morgan fingerprint density at radius 3 is 2.71 bits per heavy atom. The van der Waals surface area contributed by atoms with E-state index >= 15 is 0 Å². The number of aromatic nitrogens is 1. The highest BCUT2D eigenvalue weighted by Crippen LogP contribution is 2.18. The molecule has 0 aliphatic heterocycles. The van der Waals surface area contributed by atoms with Crippen LogP contribution in [0, 0.1) is 5.41 Å². The highest BCUT2D eigenvalue weighted by atomic mass is 16.3. The number of carbonyl (C=O) groups excluding carboxylic acids is 1. The summed E-state index contributed by atoms with van der Waals surface area (Å²) in [4.78, 5) is 25.0. The Morgan fingerprint density at radius 2 is 2.18 bits per heavy atom. The second-order valence-corrected chi connectivity index (χ2v) is 4.76. The summed E-state index contributed by atoms with van der Waals surface area (Å²) in [5.41, 5.74) is 0.0404. The van der Waals surface area contributed by atoms with Gasteiger partial charge in [-0.15, -0.1) is 0 Å². The number of aromatic amines is 1. The molecule has 94 valence electrons. The van der Waals surface area contributed by atoms with E-state index in [-0.39, 0.29) is 23.5 Å². The second-order valence-electron chi connectivity index (χ2n) is 4.76. The fourth-order valence-electron chi connectivity index (χ4n) is 1.36. The monoisotopic (exact) mass is 238 g/mol. The maximum Gasteiger partial charge on any atom is 0.252 e. The summed E-state index contributed by atoms with van der Waals surface area (Å²) in [6.07, 6.45) is 2.01. The van der Waals surface area contributed by atoms with Gasteiger partial charge < -0.3 is 15.4 Å². The molecule has 1 rings (SSSR count). The van der Waals surface area contributed by atoms with Crippen LogP contribution in [0.3, 0.4) is 0 Å². The average molecular weight is 238 g/mol. The molecule has 0 saturated heterocycles. The van der Waals surface area contributed by atoms with Gasteiger partial charge in [0.25, 0.3) is 5.91 Å². The molecule has 3 N–H and O–H groups in total. The molecule has 0 saturated carbocycles. The van der Waals surface area contributed by atoms with Crippen LogP contribution in [-0.2, 0) is 0 Å². The summed E-state index contributed by atoms with van der Waals surface area (Å²) in [7, 11) is 0. The first kappa shape index (κ1) is 13.4. The predicted molar refractivity (Wildman–Crippen MR) is 64.9 cm³/mol. The number of aliphatic hydroxyl groups is 1. The second kappa shape index (κ2) is 5.63. The Labute approximate surface area is 99.9 Å². The van der Waals surface area contributed by atoms with Gasteiger partial charge in [0.1, 0.15) is 0 Å². The van der Waals surface area contributed by atoms with Crippen LogP contribution >= 0.6 is 0 Å². The van der Waals surface area contributed by atoms with Gasteiger partial charge >= 0.3 is 0 Å². The van der Waals surface area contributed by atoms with Crippen molar-refractivity contribution in [1.82, 2.24) is 10.3 Å². The first-order valence-corrected chi connectivity index (χ1v) is 5.52. The largest absolute Gasteiger partial charge is 0.396 e. The Hall–Kier alpha value is -1.62. The Kier molecular flexibility index (Phi) is 4.45. The molecule has 0 bridgehead atoms. The van der Waals surface area contributed by atoms with Gasteiger partial charge in [0.15, 0.2) is 0 Å². The summed E-state index contributed by atoms with van der Waals surface area (Å²) >= 11 is 0. The number of nitrogens with one attached hydrogen (secondary N) is 2. The molecular weight excluding hydrogens is 220 g/mol. The van der Waals surface area contributed by atoms with E-state index in [0.29, 0.717) is 18.5 Å². The third-order valence-corrected chi connectivity index (χ3v) is 2.56. The lowest BCUT2D eigenvalue weighted by molar-refractivity contribution is 0.0928. The van der Waals surface area contributed by atoms with Crippen molar-refractivity contribution in [2.24, 2.45) is 5.41 Å². The number of carbonyl (C=O) groups is 1. The third-order valence-electron chi connectivity index (χ3n) is 2.56. The number of hydrogen-bond acceptors (Lipinski definition) is 3. The molecular formula is C12H18N2O3. The van der Waals surface area contributed by atoms with Crippen LogP contribution in [0.15, 0.2) is 23.1 Å². The van der Waals surface area contributed by atoms with Crippen LogP contribution in [0.2, 0.25) is 0 Å². The fourth-order valence-corrected chi connectivity index (χ4v) is 1.36. The van der Waals surface area contributed by atoms with Crippen LogP contribution < -0.4 is 10.9 Å². The topological polar surface area (TPSA) is 82.2 Å². The van der Waals surface area contributed by atoms with Crippen molar-refractivity contribution in [1.29, 1.82) is 0 Å². The van der Waals surface area contributed by atoms with E-state index in [1.165, 1.54) is 18.3 Å². The summed E-state index contributed by atoms with van der Waals surface area (Å²) in [5, 5.41) is 11.6. The minimum Gasteiger partial charge on any atom is -0.396 e. The van der Waals surface area contributed by atoms with Crippen LogP contribution in [-0.4, -0.2) is 29.1 Å². The summed E-state index contributed by atoms with van der Waals surface area (Å²) in [6, 6.07) is 2.79. The van der Waals surface area contributed by atoms with Gasteiger partial charge in [-0.05, 0) is 17.9 Å². The fraction of sp³-hybridized carbons (Fsp3) is 0.500. The highest BCUT2D eigenvalue weighted by molar-refractivity contribution is 5.93. The van der Waals surface area contributed by atoms with Crippen molar-refractivity contribution < 1.29 is 9.90 Å². The van der Waals surface area contributed by atoms with Crippen molar-refractivity contribution in [3.8, 4) is 0 Å². The van der Waals surface area contributed by atoms with E-state index in [1.54, 1.807) is 0 Å². The number of amides is 1. The molecule has 1 aromatic heterocycles. The van der Waals surface area contributed by atoms with E-state index in [0.717, 1.165) is 0 Å². The molecule has 17 heavy (non-hydrogen) atoms. The van der Waals surface area contributed by atoms with Crippen LogP contribution in [0.1, 0.15) is 30.6 Å². The number of rotatable bonds is 5. The minimum absolute atomic E-state index is 0.0987. The lowest BCUT2D eigenvalue weighted by atomic mass is 9.90. The average Bonchev–Trinajstić information content (AvgIpc) is 2.27. The van der Waals surface area contributed by atoms with Gasteiger partial charge in [0.2, 0.25) is 5.56 Å². The van der Waals surface area contributed by atoms with Gasteiger partial charge in [-0.2, -0.15) is 0 Å². The Morgan fingerprint density at radius 1 is 1.47 bits per heavy atom.